The van der Waals surface area contributed by atoms with Gasteiger partial charge in [0.2, 0.25) is 0 Å². The summed E-state index contributed by atoms with van der Waals surface area (Å²) in [4.78, 5) is 19.0. The van der Waals surface area contributed by atoms with Gasteiger partial charge in [-0.1, -0.05) is 5.16 Å². The van der Waals surface area contributed by atoms with Crippen LogP contribution in [0, 0.1) is 27.2 Å². The number of rotatable bonds is 6. The quantitative estimate of drug-likeness (QED) is 0.677. The fraction of sp³-hybridized carbons (Fsp3) is 0.846. The first-order chi connectivity index (χ1) is 10.5. The Balaban J connectivity index is 0.00000211. The maximum atomic E-state index is 12.1. The normalized spacial score (nSPS) is 19.4. The first kappa shape index (κ1) is 20.7. The lowest BCUT2D eigenvalue weighted by Gasteiger charge is -2.26. The topological polar surface area (TPSA) is 79.5 Å². The van der Waals surface area contributed by atoms with Gasteiger partial charge in [-0.25, -0.2) is 0 Å². The molecule has 1 saturated carbocycles. The molecule has 0 bridgehead atoms. The summed E-state index contributed by atoms with van der Waals surface area (Å²) in [5.41, 5.74) is 0.986. The van der Waals surface area contributed by atoms with E-state index in [0.717, 1.165) is 43.2 Å². The highest BCUT2D eigenvalue weighted by Gasteiger charge is 2.30. The second kappa shape index (κ2) is 11.3. The highest BCUT2D eigenvalue weighted by molar-refractivity contribution is 8.00. The number of oxime groups is 1. The van der Waals surface area contributed by atoms with Crippen LogP contribution >= 0.6 is 11.8 Å². The summed E-state index contributed by atoms with van der Waals surface area (Å²) in [6, 6.07) is 2.14. The Kier molecular flexibility index (Phi) is 10.6. The highest BCUT2D eigenvalue weighted by Crippen LogP contribution is 2.33. The minimum Gasteiger partial charge on any atom is -0.396 e. The molecular formula is C13H19F3N2O3S. The van der Waals surface area contributed by atoms with E-state index < -0.39 is 12.6 Å². The summed E-state index contributed by atoms with van der Waals surface area (Å²) in [5, 5.41) is 12.7. The molecular weight excluding hydrogens is 321 g/mol. The molecule has 1 atom stereocenters. The van der Waals surface area contributed by atoms with Crippen molar-refractivity contribution >= 4 is 17.5 Å². The number of nitriles is 1. The zero-order valence-electron chi connectivity index (χ0n) is 12.3. The Morgan fingerprint density at radius 2 is 2.00 bits per heavy atom. The minimum atomic E-state index is -4.14. The van der Waals surface area contributed by atoms with Crippen LogP contribution in [0.2, 0.25) is 0 Å². The van der Waals surface area contributed by atoms with Crippen LogP contribution in [-0.2, 0) is 4.84 Å². The summed E-state index contributed by atoms with van der Waals surface area (Å²) in [6.45, 7) is 2.39. The Morgan fingerprint density at radius 1 is 1.41 bits per heavy atom. The van der Waals surface area contributed by atoms with Gasteiger partial charge in [0.25, 0.3) is 0 Å². The lowest BCUT2D eigenvalue weighted by molar-refractivity contribution is -0.129. The van der Waals surface area contributed by atoms with Crippen LogP contribution in [0.25, 0.3) is 0 Å². The van der Waals surface area contributed by atoms with E-state index in [1.54, 1.807) is 0 Å². The number of halogens is 3. The lowest BCUT2D eigenvalue weighted by atomic mass is 9.86. The van der Waals surface area contributed by atoms with Crippen LogP contribution in [0.4, 0.5) is 13.2 Å². The van der Waals surface area contributed by atoms with E-state index in [4.69, 9.17) is 20.0 Å². The van der Waals surface area contributed by atoms with Gasteiger partial charge >= 0.3 is 6.18 Å². The Bertz CT molecular complexity index is 376. The second-order valence-corrected chi connectivity index (χ2v) is 5.95. The number of thioether (sulfide) groups is 1. The van der Waals surface area contributed by atoms with Gasteiger partial charge in [-0.3, -0.25) is 0 Å². The standard InChI is InChI=1S/C13H19F3N2OS.O2/c1-2-19-18-11-5-3-10(4-6-11)12(9-17)20-8-7-13(14,15)16;1-2/h10,12H,2-8H2,1H3;. The second-order valence-electron chi connectivity index (χ2n) is 4.70. The third-order valence-corrected chi connectivity index (χ3v) is 4.46. The monoisotopic (exact) mass is 340 g/mol. The maximum Gasteiger partial charge on any atom is 0.389 e. The molecule has 0 aromatic rings. The smallest absolute Gasteiger partial charge is 0.389 e. The largest absolute Gasteiger partial charge is 0.396 e. The van der Waals surface area contributed by atoms with Crippen molar-refractivity contribution in [1.82, 2.24) is 0 Å². The summed E-state index contributed by atoms with van der Waals surface area (Å²) in [6.07, 6.45) is -1.85. The first-order valence-electron chi connectivity index (χ1n) is 6.88. The molecule has 0 aromatic heterocycles. The average molecular weight is 340 g/mol. The van der Waals surface area contributed by atoms with Gasteiger partial charge in [-0.15, -0.1) is 11.8 Å². The van der Waals surface area contributed by atoms with E-state index in [1.807, 2.05) is 6.92 Å². The highest BCUT2D eigenvalue weighted by atomic mass is 32.2. The van der Waals surface area contributed by atoms with E-state index >= 15 is 0 Å². The molecule has 1 aliphatic carbocycles. The summed E-state index contributed by atoms with van der Waals surface area (Å²) in [5.74, 6) is 0.108. The molecule has 0 N–H and O–H groups in total. The van der Waals surface area contributed by atoms with Gasteiger partial charge < -0.3 is 4.84 Å². The maximum absolute atomic E-state index is 12.1. The molecule has 9 heteroatoms. The van der Waals surface area contributed by atoms with E-state index in [-0.39, 0.29) is 16.9 Å². The van der Waals surface area contributed by atoms with Crippen LogP contribution in [-0.4, -0.2) is 29.5 Å². The molecule has 5 nitrogen and oxygen atoms in total. The molecule has 0 aliphatic heterocycles. The van der Waals surface area contributed by atoms with Crippen molar-refractivity contribution in [2.75, 3.05) is 12.4 Å². The molecule has 22 heavy (non-hydrogen) atoms. The molecule has 0 spiro atoms. The number of hydrogen-bond donors (Lipinski definition) is 0. The van der Waals surface area contributed by atoms with E-state index in [2.05, 4.69) is 11.2 Å². The molecule has 1 fully saturated rings. The SMILES string of the molecule is CCON=C1CCC(C(C#N)SCCC(F)(F)F)CC1.O=O. The van der Waals surface area contributed by atoms with Gasteiger partial charge in [-0.05, 0) is 38.5 Å². The van der Waals surface area contributed by atoms with Crippen molar-refractivity contribution in [3.05, 3.63) is 9.93 Å². The average Bonchev–Trinajstić information content (AvgIpc) is 2.51. The molecule has 1 unspecified atom stereocenters. The Hall–Kier alpha value is -1.30. The molecule has 1 aliphatic rings. The number of hydrogen-bond acceptors (Lipinski definition) is 6. The Labute approximate surface area is 131 Å². The molecule has 0 aromatic carbocycles. The molecule has 0 saturated heterocycles. The lowest BCUT2D eigenvalue weighted by Crippen LogP contribution is -2.23. The van der Waals surface area contributed by atoms with Crippen LogP contribution in [0.3, 0.4) is 0 Å². The van der Waals surface area contributed by atoms with Gasteiger partial charge in [0.15, 0.2) is 0 Å². The number of nitrogens with zero attached hydrogens (tertiary/aromatic N) is 2. The van der Waals surface area contributed by atoms with Crippen molar-refractivity contribution in [3.8, 4) is 6.07 Å². The van der Waals surface area contributed by atoms with Gasteiger partial charge in [-0.2, -0.15) is 18.4 Å². The molecule has 1 rings (SSSR count). The minimum absolute atomic E-state index is 0.0435. The molecule has 126 valence electrons. The first-order valence-corrected chi connectivity index (χ1v) is 7.93. The van der Waals surface area contributed by atoms with Gasteiger partial charge in [0.05, 0.1) is 23.5 Å². The summed E-state index contributed by atoms with van der Waals surface area (Å²) < 4.78 is 36.3. The van der Waals surface area contributed by atoms with Gasteiger partial charge in [0, 0.05) is 15.7 Å². The fourth-order valence-corrected chi connectivity index (χ4v) is 3.33. The fourth-order valence-electron chi connectivity index (χ4n) is 2.10. The van der Waals surface area contributed by atoms with Crippen LogP contribution in [0.5, 0.6) is 0 Å². The predicted octanol–water partition coefficient (Wildman–Crippen LogP) is 4.21. The van der Waals surface area contributed by atoms with Crippen molar-refractivity contribution < 1.29 is 18.0 Å². The van der Waals surface area contributed by atoms with E-state index in [0.29, 0.717) is 6.61 Å². The molecule has 0 radical (unpaired) electrons. The van der Waals surface area contributed by atoms with Crippen molar-refractivity contribution in [2.24, 2.45) is 11.1 Å². The zero-order chi connectivity index (χ0) is 17.0. The molecule has 0 heterocycles. The van der Waals surface area contributed by atoms with Crippen molar-refractivity contribution in [1.29, 1.82) is 5.26 Å². The summed E-state index contributed by atoms with van der Waals surface area (Å²) >= 11 is 1.12. The molecule has 0 amide bonds. The van der Waals surface area contributed by atoms with E-state index in [1.165, 1.54) is 0 Å². The number of alkyl halides is 3. The predicted molar refractivity (Wildman–Crippen MR) is 80.3 cm³/mol. The third kappa shape index (κ3) is 8.87. The summed E-state index contributed by atoms with van der Waals surface area (Å²) in [7, 11) is 0. The Morgan fingerprint density at radius 3 is 2.45 bits per heavy atom. The van der Waals surface area contributed by atoms with Crippen LogP contribution in [0.15, 0.2) is 5.16 Å². The van der Waals surface area contributed by atoms with Crippen molar-refractivity contribution in [2.45, 2.75) is 50.5 Å². The zero-order valence-corrected chi connectivity index (χ0v) is 13.1. The van der Waals surface area contributed by atoms with Crippen LogP contribution in [0.1, 0.15) is 39.0 Å². The van der Waals surface area contributed by atoms with E-state index in [9.17, 15) is 13.2 Å². The van der Waals surface area contributed by atoms with Crippen LogP contribution < -0.4 is 0 Å². The van der Waals surface area contributed by atoms with Gasteiger partial charge in [0.1, 0.15) is 6.61 Å². The van der Waals surface area contributed by atoms with Crippen molar-refractivity contribution in [3.63, 3.8) is 0 Å². The third-order valence-electron chi connectivity index (χ3n) is 3.17.